The van der Waals surface area contributed by atoms with Gasteiger partial charge in [0.25, 0.3) is 0 Å². The molecule has 5 rings (SSSR count). The van der Waals surface area contributed by atoms with E-state index in [1.165, 1.54) is 6.07 Å². The average Bonchev–Trinajstić information content (AvgIpc) is 3.46. The second-order valence-corrected chi connectivity index (χ2v) is 10.4. The molecule has 0 spiro atoms. The quantitative estimate of drug-likeness (QED) is 0.565. The maximum atomic E-state index is 13.8. The molecule has 0 aliphatic carbocycles. The third-order valence-corrected chi connectivity index (χ3v) is 6.63. The number of hydrogen-bond acceptors (Lipinski definition) is 6. The summed E-state index contributed by atoms with van der Waals surface area (Å²) in [5.41, 5.74) is 1.25. The van der Waals surface area contributed by atoms with Gasteiger partial charge in [0.2, 0.25) is 0 Å². The summed E-state index contributed by atoms with van der Waals surface area (Å²) in [6, 6.07) is 11.1. The van der Waals surface area contributed by atoms with Crippen molar-refractivity contribution in [1.82, 2.24) is 19.5 Å². The van der Waals surface area contributed by atoms with Gasteiger partial charge in [0.05, 0.1) is 12.2 Å². The molecule has 35 heavy (non-hydrogen) atoms. The molecule has 4 heterocycles. The van der Waals surface area contributed by atoms with Crippen molar-refractivity contribution < 1.29 is 13.9 Å². The van der Waals surface area contributed by atoms with Gasteiger partial charge >= 0.3 is 6.09 Å². The van der Waals surface area contributed by atoms with Crippen LogP contribution in [0.2, 0.25) is 0 Å². The Balaban J connectivity index is 1.28. The Labute approximate surface area is 205 Å². The molecule has 2 fully saturated rings. The predicted octanol–water partition coefficient (Wildman–Crippen LogP) is 5.02. The fraction of sp³-hybridized carbons (Fsp3) is 0.500. The topological polar surface area (TPSA) is 75.0 Å². The zero-order valence-electron chi connectivity index (χ0n) is 20.6. The highest BCUT2D eigenvalue weighted by Crippen LogP contribution is 2.35. The van der Waals surface area contributed by atoms with E-state index < -0.39 is 5.60 Å². The Morgan fingerprint density at radius 1 is 1.11 bits per heavy atom. The van der Waals surface area contributed by atoms with Gasteiger partial charge in [-0.25, -0.2) is 14.2 Å². The minimum Gasteiger partial charge on any atom is -0.444 e. The number of hydrogen-bond donors (Lipinski definition) is 1. The summed E-state index contributed by atoms with van der Waals surface area (Å²) in [6.07, 6.45) is 5.19. The van der Waals surface area contributed by atoms with Crippen molar-refractivity contribution in [2.24, 2.45) is 0 Å². The summed E-state index contributed by atoms with van der Waals surface area (Å²) in [7, 11) is 0. The van der Waals surface area contributed by atoms with Crippen LogP contribution >= 0.6 is 0 Å². The number of carbonyl (C=O) groups excluding carboxylic acids is 1. The molecule has 1 amide bonds. The molecule has 1 aromatic carbocycles. The molecule has 1 atom stereocenters. The van der Waals surface area contributed by atoms with Crippen LogP contribution in [-0.2, 0) is 4.74 Å². The smallest absolute Gasteiger partial charge is 0.410 e. The number of likely N-dealkylation sites (tertiary alicyclic amines) is 1. The van der Waals surface area contributed by atoms with Crippen molar-refractivity contribution >= 4 is 23.4 Å². The minimum atomic E-state index is -0.491. The van der Waals surface area contributed by atoms with E-state index in [4.69, 9.17) is 9.84 Å². The lowest BCUT2D eigenvalue weighted by atomic mass is 10.0. The van der Waals surface area contributed by atoms with Crippen molar-refractivity contribution in [2.75, 3.05) is 29.9 Å². The van der Waals surface area contributed by atoms with Crippen LogP contribution in [0.5, 0.6) is 0 Å². The van der Waals surface area contributed by atoms with Gasteiger partial charge in [0.15, 0.2) is 5.65 Å². The van der Waals surface area contributed by atoms with Gasteiger partial charge in [-0.2, -0.15) is 4.52 Å². The van der Waals surface area contributed by atoms with Gasteiger partial charge in [0, 0.05) is 25.7 Å². The number of aromatic nitrogens is 3. The van der Waals surface area contributed by atoms with E-state index in [1.54, 1.807) is 23.2 Å². The van der Waals surface area contributed by atoms with Gasteiger partial charge in [-0.15, -0.1) is 5.10 Å². The number of fused-ring (bicyclic) bond motifs is 1. The average molecular weight is 481 g/mol. The number of piperidine rings is 1. The van der Waals surface area contributed by atoms with Crippen LogP contribution in [0.1, 0.15) is 58.1 Å². The van der Waals surface area contributed by atoms with Crippen LogP contribution in [0.3, 0.4) is 0 Å². The van der Waals surface area contributed by atoms with E-state index in [2.05, 4.69) is 15.2 Å². The number of amides is 1. The lowest BCUT2D eigenvalue weighted by Crippen LogP contribution is -2.44. The number of anilines is 2. The third kappa shape index (κ3) is 5.18. The van der Waals surface area contributed by atoms with Gasteiger partial charge in [0.1, 0.15) is 23.1 Å². The van der Waals surface area contributed by atoms with E-state index in [9.17, 15) is 9.18 Å². The molecule has 2 aliphatic heterocycles. The zero-order chi connectivity index (χ0) is 24.6. The molecule has 8 nitrogen and oxygen atoms in total. The van der Waals surface area contributed by atoms with Crippen LogP contribution in [0, 0.1) is 5.82 Å². The van der Waals surface area contributed by atoms with Crippen molar-refractivity contribution in [3.8, 4) is 0 Å². The van der Waals surface area contributed by atoms with E-state index in [0.717, 1.165) is 55.1 Å². The molecule has 186 valence electrons. The van der Waals surface area contributed by atoms with E-state index in [1.807, 2.05) is 43.5 Å². The lowest BCUT2D eigenvalue weighted by Gasteiger charge is -2.33. The largest absolute Gasteiger partial charge is 0.444 e. The zero-order valence-corrected chi connectivity index (χ0v) is 20.6. The first-order valence-electron chi connectivity index (χ1n) is 12.4. The van der Waals surface area contributed by atoms with Crippen molar-refractivity contribution in [1.29, 1.82) is 0 Å². The first kappa shape index (κ1) is 23.4. The summed E-state index contributed by atoms with van der Waals surface area (Å²) >= 11 is 0. The lowest BCUT2D eigenvalue weighted by molar-refractivity contribution is 0.0210. The maximum Gasteiger partial charge on any atom is 0.410 e. The number of rotatable bonds is 4. The van der Waals surface area contributed by atoms with Gasteiger partial charge < -0.3 is 19.9 Å². The first-order chi connectivity index (χ1) is 16.8. The second kappa shape index (κ2) is 9.36. The Morgan fingerprint density at radius 2 is 1.91 bits per heavy atom. The highest BCUT2D eigenvalue weighted by atomic mass is 19.1. The highest BCUT2D eigenvalue weighted by Gasteiger charge is 2.29. The number of nitrogens with one attached hydrogen (secondary N) is 1. The molecule has 2 aliphatic rings. The molecule has 0 unspecified atom stereocenters. The maximum absolute atomic E-state index is 13.8. The molecule has 0 bridgehead atoms. The van der Waals surface area contributed by atoms with Crippen LogP contribution in [-0.4, -0.2) is 56.9 Å². The molecule has 1 N–H and O–H groups in total. The fourth-order valence-corrected chi connectivity index (χ4v) is 4.96. The molecule has 0 radical (unpaired) electrons. The normalized spacial score (nSPS) is 19.4. The molecule has 2 saturated heterocycles. The van der Waals surface area contributed by atoms with Crippen LogP contribution in [0.4, 0.5) is 20.8 Å². The van der Waals surface area contributed by atoms with Crippen LogP contribution in [0.15, 0.2) is 42.6 Å². The number of nitrogens with zero attached hydrogens (tertiary/aromatic N) is 5. The van der Waals surface area contributed by atoms with E-state index in [0.29, 0.717) is 13.1 Å². The van der Waals surface area contributed by atoms with E-state index in [-0.39, 0.29) is 24.0 Å². The molecular formula is C26H33FN6O2. The van der Waals surface area contributed by atoms with Gasteiger partial charge in [-0.05, 0) is 76.3 Å². The van der Waals surface area contributed by atoms with Crippen LogP contribution in [0.25, 0.3) is 5.65 Å². The minimum absolute atomic E-state index is 0.104. The summed E-state index contributed by atoms with van der Waals surface area (Å²) in [6.45, 7) is 7.81. The molecule has 0 saturated carbocycles. The monoisotopic (exact) mass is 480 g/mol. The molecule has 2 aromatic heterocycles. The Kier molecular flexibility index (Phi) is 6.25. The predicted molar refractivity (Wildman–Crippen MR) is 133 cm³/mol. The number of halogens is 1. The Morgan fingerprint density at radius 3 is 2.66 bits per heavy atom. The first-order valence-corrected chi connectivity index (χ1v) is 12.4. The number of carbonyl (C=O) groups is 1. The van der Waals surface area contributed by atoms with Crippen molar-refractivity contribution in [3.05, 3.63) is 54.0 Å². The molecule has 3 aromatic rings. The Bertz CT molecular complexity index is 1200. The van der Waals surface area contributed by atoms with Gasteiger partial charge in [-0.1, -0.05) is 12.1 Å². The molecular weight excluding hydrogens is 447 g/mol. The van der Waals surface area contributed by atoms with Gasteiger partial charge in [-0.3, -0.25) is 0 Å². The Hall–Kier alpha value is -3.36. The number of imidazole rings is 1. The van der Waals surface area contributed by atoms with Crippen molar-refractivity contribution in [3.63, 3.8) is 0 Å². The third-order valence-electron chi connectivity index (χ3n) is 6.63. The SMILES string of the molecule is CC(C)(C)OC(=O)N1CCC(Nc2cnc3ccc(N4CCC[C@@H]4c4cccc(F)c4)nn23)CC1. The summed E-state index contributed by atoms with van der Waals surface area (Å²) < 4.78 is 21.2. The number of benzene rings is 1. The standard InChI is InChI=1S/C26H33FN6O2/c1-26(2,3)35-25(34)31-14-11-20(12-15-31)29-24-17-28-22-9-10-23(30-33(22)24)32-13-5-8-21(32)18-6-4-7-19(27)16-18/h4,6-7,9-10,16-17,20-21,29H,5,8,11-15H2,1-3H3/t21-/m1/s1. The summed E-state index contributed by atoms with van der Waals surface area (Å²) in [5, 5.41) is 8.47. The summed E-state index contributed by atoms with van der Waals surface area (Å²) in [5.74, 6) is 1.47. The fourth-order valence-electron chi connectivity index (χ4n) is 4.96. The highest BCUT2D eigenvalue weighted by molar-refractivity contribution is 5.68. The van der Waals surface area contributed by atoms with E-state index >= 15 is 0 Å². The van der Waals surface area contributed by atoms with Crippen molar-refractivity contribution in [2.45, 2.75) is 64.1 Å². The second-order valence-electron chi connectivity index (χ2n) is 10.4. The molecule has 9 heteroatoms. The number of ether oxygens (including phenoxy) is 1. The summed E-state index contributed by atoms with van der Waals surface area (Å²) in [4.78, 5) is 20.9. The van der Waals surface area contributed by atoms with Crippen LogP contribution < -0.4 is 10.2 Å².